The van der Waals surface area contributed by atoms with Crippen LogP contribution >= 0.6 is 0 Å². The summed E-state index contributed by atoms with van der Waals surface area (Å²) in [5.74, 6) is 1.62. The molecule has 1 N–H and O–H groups in total. The fraction of sp³-hybridized carbons (Fsp3) is 0.158. The Bertz CT molecular complexity index is 930. The highest BCUT2D eigenvalue weighted by atomic mass is 16.3. The zero-order valence-corrected chi connectivity index (χ0v) is 12.4. The van der Waals surface area contributed by atoms with Gasteiger partial charge in [-0.15, -0.1) is 0 Å². The second kappa shape index (κ2) is 4.32. The summed E-state index contributed by atoms with van der Waals surface area (Å²) in [5, 5.41) is 2.94. The Balaban J connectivity index is 1.61. The van der Waals surface area contributed by atoms with Crippen LogP contribution < -0.4 is 5.32 Å². The Morgan fingerprint density at radius 1 is 1.09 bits per heavy atom. The van der Waals surface area contributed by atoms with E-state index in [1.165, 1.54) is 11.1 Å². The third-order valence-electron chi connectivity index (χ3n) is 4.99. The van der Waals surface area contributed by atoms with Crippen LogP contribution in [0, 0.1) is 0 Å². The van der Waals surface area contributed by atoms with Crippen molar-refractivity contribution in [3.63, 3.8) is 0 Å². The lowest BCUT2D eigenvalue weighted by molar-refractivity contribution is -0.120. The maximum Gasteiger partial charge on any atom is 0.237 e. The minimum atomic E-state index is -0.506. The number of hydrogen-bond acceptors (Lipinski definition) is 3. The van der Waals surface area contributed by atoms with Crippen LogP contribution in [0.4, 0.5) is 5.82 Å². The summed E-state index contributed by atoms with van der Waals surface area (Å²) >= 11 is 0. The molecule has 1 amide bonds. The minimum Gasteiger partial charge on any atom is -0.464 e. The first-order chi connectivity index (χ1) is 11.3. The highest BCUT2D eigenvalue weighted by Crippen LogP contribution is 2.47. The first kappa shape index (κ1) is 12.6. The van der Waals surface area contributed by atoms with E-state index < -0.39 is 5.41 Å². The zero-order chi connectivity index (χ0) is 15.4. The second-order valence-electron chi connectivity index (χ2n) is 6.25. The third kappa shape index (κ3) is 1.66. The van der Waals surface area contributed by atoms with Gasteiger partial charge in [-0.2, -0.15) is 0 Å². The summed E-state index contributed by atoms with van der Waals surface area (Å²) in [5.41, 5.74) is 4.00. The fourth-order valence-corrected chi connectivity index (χ4v) is 3.86. The molecule has 0 fully saturated rings. The molecule has 0 radical (unpaired) electrons. The summed E-state index contributed by atoms with van der Waals surface area (Å²) in [6.07, 6.45) is 4.83. The van der Waals surface area contributed by atoms with Crippen molar-refractivity contribution in [1.29, 1.82) is 0 Å². The molecule has 1 aliphatic carbocycles. The first-order valence-electron chi connectivity index (χ1n) is 7.69. The highest BCUT2D eigenvalue weighted by Gasteiger charge is 2.51. The van der Waals surface area contributed by atoms with Crippen LogP contribution in [0.1, 0.15) is 16.7 Å². The highest BCUT2D eigenvalue weighted by molar-refractivity contribution is 6.06. The first-order valence-corrected chi connectivity index (χ1v) is 7.69. The number of amides is 1. The van der Waals surface area contributed by atoms with Crippen molar-refractivity contribution >= 4 is 11.7 Å². The van der Waals surface area contributed by atoms with E-state index in [0.717, 1.165) is 23.3 Å². The van der Waals surface area contributed by atoms with Gasteiger partial charge in [-0.25, -0.2) is 4.98 Å². The van der Waals surface area contributed by atoms with Crippen LogP contribution in [0.5, 0.6) is 0 Å². The Labute approximate surface area is 133 Å². The van der Waals surface area contributed by atoms with Crippen molar-refractivity contribution in [2.75, 3.05) is 5.32 Å². The number of aromatic nitrogens is 1. The monoisotopic (exact) mass is 302 g/mol. The van der Waals surface area contributed by atoms with Gasteiger partial charge in [-0.3, -0.25) is 4.79 Å². The summed E-state index contributed by atoms with van der Waals surface area (Å²) in [4.78, 5) is 17.0. The largest absolute Gasteiger partial charge is 0.464 e. The Kier molecular flexibility index (Phi) is 2.37. The van der Waals surface area contributed by atoms with Crippen molar-refractivity contribution in [2.45, 2.75) is 18.3 Å². The van der Waals surface area contributed by atoms with Gasteiger partial charge < -0.3 is 9.73 Å². The molecule has 0 saturated heterocycles. The molecule has 112 valence electrons. The molecule has 5 rings (SSSR count). The second-order valence-corrected chi connectivity index (χ2v) is 6.25. The Hall–Kier alpha value is -2.88. The van der Waals surface area contributed by atoms with Gasteiger partial charge in [0.2, 0.25) is 5.91 Å². The number of nitrogens with one attached hydrogen (secondary N) is 1. The van der Waals surface area contributed by atoms with Gasteiger partial charge in [0.05, 0.1) is 11.7 Å². The standard InChI is InChI=1S/C19H14N2O2/c22-18-19(15-3-1-7-20-17(15)21-18)10-13-6-5-12(9-14(13)11-19)16-4-2-8-23-16/h1-9H,10-11H2,(H,20,21,22). The van der Waals surface area contributed by atoms with Crippen LogP contribution in [0.2, 0.25) is 0 Å². The maximum atomic E-state index is 12.7. The van der Waals surface area contributed by atoms with E-state index in [1.54, 1.807) is 12.5 Å². The van der Waals surface area contributed by atoms with Gasteiger partial charge in [0.25, 0.3) is 0 Å². The van der Waals surface area contributed by atoms with E-state index in [9.17, 15) is 4.79 Å². The molecule has 1 aromatic carbocycles. The SMILES string of the molecule is O=C1Nc2ncccc2C12Cc1ccc(-c3ccco3)cc1C2. The van der Waals surface area contributed by atoms with Crippen LogP contribution in [0.15, 0.2) is 59.3 Å². The van der Waals surface area contributed by atoms with Crippen molar-refractivity contribution in [1.82, 2.24) is 4.98 Å². The van der Waals surface area contributed by atoms with Gasteiger partial charge >= 0.3 is 0 Å². The smallest absolute Gasteiger partial charge is 0.237 e. The normalized spacial score (nSPS) is 21.3. The van der Waals surface area contributed by atoms with Crippen LogP contribution in [-0.2, 0) is 23.1 Å². The summed E-state index contributed by atoms with van der Waals surface area (Å²) in [7, 11) is 0. The lowest BCUT2D eigenvalue weighted by atomic mass is 9.79. The van der Waals surface area contributed by atoms with Crippen LogP contribution in [-0.4, -0.2) is 10.9 Å². The number of nitrogens with zero attached hydrogens (tertiary/aromatic N) is 1. The van der Waals surface area contributed by atoms with Crippen molar-refractivity contribution in [3.8, 4) is 11.3 Å². The third-order valence-corrected chi connectivity index (χ3v) is 4.99. The van der Waals surface area contributed by atoms with Crippen molar-refractivity contribution in [2.24, 2.45) is 0 Å². The van der Waals surface area contributed by atoms with E-state index in [2.05, 4.69) is 28.5 Å². The lowest BCUT2D eigenvalue weighted by Crippen LogP contribution is -2.35. The molecule has 2 aromatic heterocycles. The molecule has 0 saturated carbocycles. The molecule has 23 heavy (non-hydrogen) atoms. The van der Waals surface area contributed by atoms with Crippen molar-refractivity contribution < 1.29 is 9.21 Å². The van der Waals surface area contributed by atoms with E-state index in [0.29, 0.717) is 12.2 Å². The molecule has 1 spiro atoms. The molecule has 2 aliphatic rings. The summed E-state index contributed by atoms with van der Waals surface area (Å²) in [6, 6.07) is 14.1. The molecular formula is C19H14N2O2. The molecule has 1 aliphatic heterocycles. The zero-order valence-electron chi connectivity index (χ0n) is 12.4. The van der Waals surface area contributed by atoms with Gasteiger partial charge in [-0.05, 0) is 48.2 Å². The Morgan fingerprint density at radius 3 is 2.87 bits per heavy atom. The molecular weight excluding hydrogens is 288 g/mol. The number of rotatable bonds is 1. The number of furan rings is 1. The minimum absolute atomic E-state index is 0.0574. The fourth-order valence-electron chi connectivity index (χ4n) is 3.86. The van der Waals surface area contributed by atoms with E-state index in [4.69, 9.17) is 4.42 Å². The average Bonchev–Trinajstić information content (AvgIpc) is 3.27. The topological polar surface area (TPSA) is 55.1 Å². The average molecular weight is 302 g/mol. The number of fused-ring (bicyclic) bond motifs is 3. The molecule has 4 heteroatoms. The van der Waals surface area contributed by atoms with E-state index in [1.807, 2.05) is 24.3 Å². The van der Waals surface area contributed by atoms with Gasteiger partial charge in [0, 0.05) is 17.3 Å². The van der Waals surface area contributed by atoms with Crippen LogP contribution in [0.25, 0.3) is 11.3 Å². The molecule has 1 atom stereocenters. The quantitative estimate of drug-likeness (QED) is 0.750. The molecule has 0 bridgehead atoms. The molecule has 3 heterocycles. The van der Waals surface area contributed by atoms with Gasteiger partial charge in [-0.1, -0.05) is 18.2 Å². The predicted molar refractivity (Wildman–Crippen MR) is 86.1 cm³/mol. The molecule has 1 unspecified atom stereocenters. The number of benzene rings is 1. The number of anilines is 1. The number of carbonyl (C=O) groups excluding carboxylic acids is 1. The van der Waals surface area contributed by atoms with Gasteiger partial charge in [0.15, 0.2) is 0 Å². The predicted octanol–water partition coefficient (Wildman–Crippen LogP) is 3.33. The van der Waals surface area contributed by atoms with E-state index in [-0.39, 0.29) is 5.91 Å². The molecule has 3 aromatic rings. The maximum absolute atomic E-state index is 12.7. The summed E-state index contributed by atoms with van der Waals surface area (Å²) in [6.45, 7) is 0. The van der Waals surface area contributed by atoms with Gasteiger partial charge in [0.1, 0.15) is 11.6 Å². The number of pyridine rings is 1. The number of carbonyl (C=O) groups is 1. The number of hydrogen-bond donors (Lipinski definition) is 1. The lowest BCUT2D eigenvalue weighted by Gasteiger charge is -2.20. The van der Waals surface area contributed by atoms with E-state index >= 15 is 0 Å². The Morgan fingerprint density at radius 2 is 2.00 bits per heavy atom. The van der Waals surface area contributed by atoms with Crippen molar-refractivity contribution in [3.05, 3.63) is 71.6 Å². The summed E-state index contributed by atoms with van der Waals surface area (Å²) < 4.78 is 5.48. The van der Waals surface area contributed by atoms with Crippen LogP contribution in [0.3, 0.4) is 0 Å². The molecule has 4 nitrogen and oxygen atoms in total.